The summed E-state index contributed by atoms with van der Waals surface area (Å²) in [6.07, 6.45) is 0. The standard InChI is InChI=1S/C18H16O5/c1-12(2)18(20)23-14-6-4-13(5-7-14)16-9-8-15(22-11-19)10-17(16)21-3/h4-11H,1H2,2-3H3. The molecule has 2 rings (SSSR count). The summed E-state index contributed by atoms with van der Waals surface area (Å²) in [5, 5.41) is 0. The molecule has 0 aliphatic heterocycles. The summed E-state index contributed by atoms with van der Waals surface area (Å²) < 4.78 is 15.3. The molecule has 2 aromatic rings. The smallest absolute Gasteiger partial charge is 0.338 e. The van der Waals surface area contributed by atoms with E-state index in [1.54, 1.807) is 49.4 Å². The zero-order valence-corrected chi connectivity index (χ0v) is 12.9. The highest BCUT2D eigenvalue weighted by atomic mass is 16.5. The molecular formula is C18H16O5. The Morgan fingerprint density at radius 1 is 1.09 bits per heavy atom. The minimum absolute atomic E-state index is 0.335. The van der Waals surface area contributed by atoms with Gasteiger partial charge in [-0.15, -0.1) is 0 Å². The van der Waals surface area contributed by atoms with Crippen LogP contribution in [-0.4, -0.2) is 19.6 Å². The number of benzene rings is 2. The molecule has 0 unspecified atom stereocenters. The number of hydrogen-bond acceptors (Lipinski definition) is 5. The lowest BCUT2D eigenvalue weighted by atomic mass is 10.0. The number of carbonyl (C=O) groups excluding carboxylic acids is 2. The highest BCUT2D eigenvalue weighted by Crippen LogP contribution is 2.34. The van der Waals surface area contributed by atoms with Gasteiger partial charge in [0, 0.05) is 17.2 Å². The van der Waals surface area contributed by atoms with Crippen LogP contribution in [-0.2, 0) is 9.59 Å². The molecule has 0 saturated heterocycles. The Kier molecular flexibility index (Phi) is 5.15. The number of ether oxygens (including phenoxy) is 3. The predicted molar refractivity (Wildman–Crippen MR) is 85.6 cm³/mol. The molecule has 5 nitrogen and oxygen atoms in total. The Morgan fingerprint density at radius 3 is 2.30 bits per heavy atom. The molecule has 0 N–H and O–H groups in total. The molecule has 118 valence electrons. The van der Waals surface area contributed by atoms with Gasteiger partial charge in [0.1, 0.15) is 17.2 Å². The van der Waals surface area contributed by atoms with Crippen LogP contribution in [0.5, 0.6) is 17.2 Å². The van der Waals surface area contributed by atoms with Crippen molar-refractivity contribution in [3.05, 3.63) is 54.6 Å². The van der Waals surface area contributed by atoms with E-state index in [1.807, 2.05) is 0 Å². The Balaban J connectivity index is 2.26. The van der Waals surface area contributed by atoms with Gasteiger partial charge in [0.15, 0.2) is 0 Å². The van der Waals surface area contributed by atoms with E-state index in [-0.39, 0.29) is 0 Å². The maximum atomic E-state index is 11.5. The van der Waals surface area contributed by atoms with Gasteiger partial charge in [-0.1, -0.05) is 18.7 Å². The van der Waals surface area contributed by atoms with Crippen LogP contribution in [0, 0.1) is 0 Å². The molecule has 0 aliphatic carbocycles. The zero-order chi connectivity index (χ0) is 16.8. The predicted octanol–water partition coefficient (Wildman–Crippen LogP) is 3.38. The molecule has 0 heterocycles. The van der Waals surface area contributed by atoms with Crippen molar-refractivity contribution in [1.82, 2.24) is 0 Å². The van der Waals surface area contributed by atoms with Crippen LogP contribution in [0.3, 0.4) is 0 Å². The van der Waals surface area contributed by atoms with Gasteiger partial charge >= 0.3 is 5.97 Å². The zero-order valence-electron chi connectivity index (χ0n) is 12.9. The normalized spacial score (nSPS) is 9.83. The van der Waals surface area contributed by atoms with Crippen molar-refractivity contribution >= 4 is 12.4 Å². The Morgan fingerprint density at radius 2 is 1.74 bits per heavy atom. The summed E-state index contributed by atoms with van der Waals surface area (Å²) >= 11 is 0. The maximum absolute atomic E-state index is 11.5. The Labute approximate surface area is 134 Å². The van der Waals surface area contributed by atoms with E-state index in [0.29, 0.717) is 29.3 Å². The summed E-state index contributed by atoms with van der Waals surface area (Å²) in [7, 11) is 1.53. The Bertz CT molecular complexity index is 732. The van der Waals surface area contributed by atoms with Crippen LogP contribution < -0.4 is 14.2 Å². The third-order valence-corrected chi connectivity index (χ3v) is 3.08. The van der Waals surface area contributed by atoms with E-state index in [4.69, 9.17) is 14.2 Å². The molecule has 0 radical (unpaired) electrons. The lowest BCUT2D eigenvalue weighted by Crippen LogP contribution is -2.07. The minimum Gasteiger partial charge on any atom is -0.496 e. The number of hydrogen-bond donors (Lipinski definition) is 0. The SMILES string of the molecule is C=C(C)C(=O)Oc1ccc(-c2ccc(OC=O)cc2OC)cc1. The topological polar surface area (TPSA) is 61.8 Å². The largest absolute Gasteiger partial charge is 0.496 e. The molecule has 0 amide bonds. The van der Waals surface area contributed by atoms with E-state index in [0.717, 1.165) is 11.1 Å². The van der Waals surface area contributed by atoms with Crippen molar-refractivity contribution in [2.75, 3.05) is 7.11 Å². The van der Waals surface area contributed by atoms with E-state index >= 15 is 0 Å². The van der Waals surface area contributed by atoms with Gasteiger partial charge in [0.2, 0.25) is 0 Å². The highest BCUT2D eigenvalue weighted by Gasteiger charge is 2.09. The van der Waals surface area contributed by atoms with E-state index < -0.39 is 5.97 Å². The molecule has 0 atom stereocenters. The van der Waals surface area contributed by atoms with Crippen molar-refractivity contribution in [3.8, 4) is 28.4 Å². The molecule has 0 spiro atoms. The van der Waals surface area contributed by atoms with Gasteiger partial charge in [0.25, 0.3) is 6.47 Å². The fraction of sp³-hybridized carbons (Fsp3) is 0.111. The fourth-order valence-electron chi connectivity index (χ4n) is 1.94. The second kappa shape index (κ2) is 7.26. The summed E-state index contributed by atoms with van der Waals surface area (Å²) in [6, 6.07) is 12.1. The molecule has 5 heteroatoms. The van der Waals surface area contributed by atoms with E-state index in [2.05, 4.69) is 6.58 Å². The monoisotopic (exact) mass is 312 g/mol. The lowest BCUT2D eigenvalue weighted by Gasteiger charge is -2.11. The number of rotatable bonds is 6. The molecule has 0 fully saturated rings. The quantitative estimate of drug-likeness (QED) is 0.354. The average molecular weight is 312 g/mol. The third-order valence-electron chi connectivity index (χ3n) is 3.08. The van der Waals surface area contributed by atoms with E-state index in [1.165, 1.54) is 7.11 Å². The van der Waals surface area contributed by atoms with Gasteiger partial charge in [-0.2, -0.15) is 0 Å². The van der Waals surface area contributed by atoms with Crippen LogP contribution in [0.4, 0.5) is 0 Å². The van der Waals surface area contributed by atoms with Gasteiger partial charge in [-0.05, 0) is 36.8 Å². The van der Waals surface area contributed by atoms with Crippen LogP contribution in [0.25, 0.3) is 11.1 Å². The van der Waals surface area contributed by atoms with Gasteiger partial charge < -0.3 is 14.2 Å². The first-order chi connectivity index (χ1) is 11.0. The van der Waals surface area contributed by atoms with Crippen LogP contribution in [0.1, 0.15) is 6.92 Å². The third kappa shape index (κ3) is 3.97. The first-order valence-electron chi connectivity index (χ1n) is 6.81. The Hall–Kier alpha value is -3.08. The number of esters is 1. The summed E-state index contributed by atoms with van der Waals surface area (Å²) in [5.74, 6) is 0.927. The van der Waals surface area contributed by atoms with Crippen molar-refractivity contribution in [3.63, 3.8) is 0 Å². The summed E-state index contributed by atoms with van der Waals surface area (Å²) in [5.41, 5.74) is 2.03. The molecular weight excluding hydrogens is 296 g/mol. The fourth-order valence-corrected chi connectivity index (χ4v) is 1.94. The minimum atomic E-state index is -0.467. The molecule has 0 bridgehead atoms. The molecule has 0 aliphatic rings. The second-order valence-corrected chi connectivity index (χ2v) is 4.77. The second-order valence-electron chi connectivity index (χ2n) is 4.77. The van der Waals surface area contributed by atoms with Gasteiger partial charge in [0.05, 0.1) is 7.11 Å². The lowest BCUT2D eigenvalue weighted by molar-refractivity contribution is -0.130. The highest BCUT2D eigenvalue weighted by molar-refractivity contribution is 5.88. The van der Waals surface area contributed by atoms with Crippen LogP contribution >= 0.6 is 0 Å². The van der Waals surface area contributed by atoms with Crippen molar-refractivity contribution < 1.29 is 23.8 Å². The summed E-state index contributed by atoms with van der Waals surface area (Å²) in [4.78, 5) is 21.9. The first-order valence-corrected chi connectivity index (χ1v) is 6.81. The van der Waals surface area contributed by atoms with Crippen LogP contribution in [0.15, 0.2) is 54.6 Å². The molecule has 0 saturated carbocycles. The van der Waals surface area contributed by atoms with Crippen LogP contribution in [0.2, 0.25) is 0 Å². The van der Waals surface area contributed by atoms with Gasteiger partial charge in [-0.25, -0.2) is 4.79 Å². The van der Waals surface area contributed by atoms with Crippen molar-refractivity contribution in [2.24, 2.45) is 0 Å². The maximum Gasteiger partial charge on any atom is 0.338 e. The molecule has 2 aromatic carbocycles. The molecule has 0 aromatic heterocycles. The average Bonchev–Trinajstić information content (AvgIpc) is 2.55. The number of methoxy groups -OCH3 is 1. The summed E-state index contributed by atoms with van der Waals surface area (Å²) in [6.45, 7) is 5.48. The number of carbonyl (C=O) groups is 2. The van der Waals surface area contributed by atoms with Gasteiger partial charge in [-0.3, -0.25) is 4.79 Å². The van der Waals surface area contributed by atoms with Crippen molar-refractivity contribution in [1.29, 1.82) is 0 Å². The van der Waals surface area contributed by atoms with Crippen molar-refractivity contribution in [2.45, 2.75) is 6.92 Å². The molecule has 23 heavy (non-hydrogen) atoms. The van der Waals surface area contributed by atoms with E-state index in [9.17, 15) is 9.59 Å². The first kappa shape index (κ1) is 16.3.